The van der Waals surface area contributed by atoms with Gasteiger partial charge < -0.3 is 0 Å². The smallest absolute Gasteiger partial charge is 0.0386 e. The molecule has 0 heterocycles. The first-order valence-corrected chi connectivity index (χ1v) is 10.8. The zero-order valence-corrected chi connectivity index (χ0v) is 16.5. The van der Waals surface area contributed by atoms with E-state index in [2.05, 4.69) is 27.7 Å². The largest absolute Gasteiger partial charge is 0.0654 e. The highest BCUT2D eigenvalue weighted by atomic mass is 14.2. The van der Waals surface area contributed by atoms with E-state index in [-0.39, 0.29) is 0 Å². The second-order valence-corrected chi connectivity index (χ2v) is 7.48. The standard InChI is InChI=1S/C22H46/c1-5-9-12-15-18-21(8-4)22(19-16-13-10-6-2)20-17-14-11-7-3/h21-22H,5-20H2,1-4H3. The minimum absolute atomic E-state index is 1.01. The van der Waals surface area contributed by atoms with Gasteiger partial charge in [-0.3, -0.25) is 0 Å². The van der Waals surface area contributed by atoms with Crippen LogP contribution in [0.2, 0.25) is 0 Å². The van der Waals surface area contributed by atoms with Gasteiger partial charge >= 0.3 is 0 Å². The topological polar surface area (TPSA) is 0 Å². The molecule has 0 aliphatic heterocycles. The summed E-state index contributed by atoms with van der Waals surface area (Å²) in [6, 6.07) is 0. The molecule has 1 unspecified atom stereocenters. The van der Waals surface area contributed by atoms with Crippen molar-refractivity contribution < 1.29 is 0 Å². The highest BCUT2D eigenvalue weighted by Crippen LogP contribution is 2.31. The van der Waals surface area contributed by atoms with Crippen LogP contribution in [0, 0.1) is 11.8 Å². The average Bonchev–Trinajstić information content (AvgIpc) is 2.54. The zero-order chi connectivity index (χ0) is 16.5. The minimum atomic E-state index is 1.01. The van der Waals surface area contributed by atoms with Crippen LogP contribution in [0.4, 0.5) is 0 Å². The van der Waals surface area contributed by atoms with Crippen molar-refractivity contribution in [1.29, 1.82) is 0 Å². The summed E-state index contributed by atoms with van der Waals surface area (Å²) in [6.45, 7) is 9.41. The lowest BCUT2D eigenvalue weighted by Crippen LogP contribution is -2.15. The highest BCUT2D eigenvalue weighted by molar-refractivity contribution is 4.70. The Balaban J connectivity index is 4.16. The van der Waals surface area contributed by atoms with Crippen molar-refractivity contribution in [1.82, 2.24) is 0 Å². The van der Waals surface area contributed by atoms with Gasteiger partial charge in [0.05, 0.1) is 0 Å². The van der Waals surface area contributed by atoms with Crippen LogP contribution in [0.15, 0.2) is 0 Å². The Morgan fingerprint density at radius 2 is 0.773 bits per heavy atom. The van der Waals surface area contributed by atoms with E-state index in [9.17, 15) is 0 Å². The summed E-state index contributed by atoms with van der Waals surface area (Å²) in [5.74, 6) is 2.04. The molecule has 0 heteroatoms. The second-order valence-electron chi connectivity index (χ2n) is 7.48. The molecule has 0 aromatic carbocycles. The van der Waals surface area contributed by atoms with Crippen molar-refractivity contribution in [3.63, 3.8) is 0 Å². The number of hydrogen-bond donors (Lipinski definition) is 0. The first-order chi connectivity index (χ1) is 10.8. The number of rotatable bonds is 17. The second kappa shape index (κ2) is 17.4. The maximum absolute atomic E-state index is 2.44. The van der Waals surface area contributed by atoms with Gasteiger partial charge in [0.2, 0.25) is 0 Å². The average molecular weight is 311 g/mol. The van der Waals surface area contributed by atoms with Crippen molar-refractivity contribution >= 4 is 0 Å². The van der Waals surface area contributed by atoms with Crippen LogP contribution < -0.4 is 0 Å². The summed E-state index contributed by atoms with van der Waals surface area (Å²) in [6.07, 6.45) is 23.2. The van der Waals surface area contributed by atoms with Crippen LogP contribution in [-0.4, -0.2) is 0 Å². The lowest BCUT2D eigenvalue weighted by Gasteiger charge is -2.27. The molecule has 0 saturated carbocycles. The van der Waals surface area contributed by atoms with Crippen LogP contribution in [0.3, 0.4) is 0 Å². The van der Waals surface area contributed by atoms with E-state index in [0.717, 1.165) is 11.8 Å². The molecule has 0 nitrogen and oxygen atoms in total. The number of unbranched alkanes of at least 4 members (excludes halogenated alkanes) is 9. The molecule has 0 bridgehead atoms. The van der Waals surface area contributed by atoms with Crippen molar-refractivity contribution in [3.8, 4) is 0 Å². The predicted molar refractivity (Wildman–Crippen MR) is 104 cm³/mol. The van der Waals surface area contributed by atoms with Gasteiger partial charge in [-0.1, -0.05) is 130 Å². The molecular formula is C22H46. The van der Waals surface area contributed by atoms with Crippen molar-refractivity contribution in [2.24, 2.45) is 11.8 Å². The summed E-state index contributed by atoms with van der Waals surface area (Å²) in [7, 11) is 0. The Hall–Kier alpha value is 0. The van der Waals surface area contributed by atoms with Crippen molar-refractivity contribution in [2.75, 3.05) is 0 Å². The molecule has 0 aromatic heterocycles. The first kappa shape index (κ1) is 22.0. The molecule has 0 radical (unpaired) electrons. The van der Waals surface area contributed by atoms with Gasteiger partial charge in [0.25, 0.3) is 0 Å². The third kappa shape index (κ3) is 12.5. The zero-order valence-electron chi connectivity index (χ0n) is 16.5. The summed E-state index contributed by atoms with van der Waals surface area (Å²) in [5.41, 5.74) is 0. The Morgan fingerprint density at radius 3 is 1.09 bits per heavy atom. The van der Waals surface area contributed by atoms with Crippen molar-refractivity contribution in [3.05, 3.63) is 0 Å². The fourth-order valence-electron chi connectivity index (χ4n) is 3.89. The lowest BCUT2D eigenvalue weighted by molar-refractivity contribution is 0.249. The molecule has 0 aliphatic carbocycles. The van der Waals surface area contributed by atoms with E-state index in [1.54, 1.807) is 0 Å². The maximum Gasteiger partial charge on any atom is -0.0386 e. The molecule has 0 saturated heterocycles. The molecular weight excluding hydrogens is 264 g/mol. The third-order valence-electron chi connectivity index (χ3n) is 5.48. The fourth-order valence-corrected chi connectivity index (χ4v) is 3.89. The first-order valence-electron chi connectivity index (χ1n) is 10.8. The monoisotopic (exact) mass is 310 g/mol. The van der Waals surface area contributed by atoms with E-state index in [1.165, 1.54) is 103 Å². The molecule has 22 heavy (non-hydrogen) atoms. The van der Waals surface area contributed by atoms with Crippen LogP contribution in [-0.2, 0) is 0 Å². The number of hydrogen-bond acceptors (Lipinski definition) is 0. The van der Waals surface area contributed by atoms with Gasteiger partial charge in [-0.05, 0) is 11.8 Å². The molecule has 134 valence electrons. The summed E-state index contributed by atoms with van der Waals surface area (Å²) < 4.78 is 0. The van der Waals surface area contributed by atoms with Crippen LogP contribution in [0.1, 0.15) is 130 Å². The molecule has 0 aliphatic rings. The van der Waals surface area contributed by atoms with E-state index in [1.807, 2.05) is 0 Å². The third-order valence-corrected chi connectivity index (χ3v) is 5.48. The lowest BCUT2D eigenvalue weighted by atomic mass is 9.79. The van der Waals surface area contributed by atoms with Gasteiger partial charge in [0.15, 0.2) is 0 Å². The summed E-state index contributed by atoms with van der Waals surface area (Å²) in [4.78, 5) is 0. The fraction of sp³-hybridized carbons (Fsp3) is 1.00. The Kier molecular flexibility index (Phi) is 17.4. The molecule has 0 aromatic rings. The molecule has 0 fully saturated rings. The summed E-state index contributed by atoms with van der Waals surface area (Å²) >= 11 is 0. The van der Waals surface area contributed by atoms with Gasteiger partial charge in [0, 0.05) is 0 Å². The van der Waals surface area contributed by atoms with Gasteiger partial charge in [-0.25, -0.2) is 0 Å². The Labute approximate surface area is 142 Å². The highest BCUT2D eigenvalue weighted by Gasteiger charge is 2.19. The molecule has 0 spiro atoms. The molecule has 1 atom stereocenters. The SMILES string of the molecule is CCCCCCC(CC)C(CCCCCC)CCCCCC. The molecule has 0 amide bonds. The minimum Gasteiger partial charge on any atom is -0.0654 e. The molecule has 0 N–H and O–H groups in total. The maximum atomic E-state index is 2.44. The van der Waals surface area contributed by atoms with E-state index in [0.29, 0.717) is 0 Å². The van der Waals surface area contributed by atoms with E-state index < -0.39 is 0 Å². The Morgan fingerprint density at radius 1 is 0.409 bits per heavy atom. The normalized spacial score (nSPS) is 13.0. The van der Waals surface area contributed by atoms with Crippen LogP contribution in [0.5, 0.6) is 0 Å². The van der Waals surface area contributed by atoms with Gasteiger partial charge in [-0.2, -0.15) is 0 Å². The van der Waals surface area contributed by atoms with E-state index in [4.69, 9.17) is 0 Å². The van der Waals surface area contributed by atoms with Gasteiger partial charge in [0.1, 0.15) is 0 Å². The van der Waals surface area contributed by atoms with Gasteiger partial charge in [-0.15, -0.1) is 0 Å². The van der Waals surface area contributed by atoms with Crippen LogP contribution >= 0.6 is 0 Å². The summed E-state index contributed by atoms with van der Waals surface area (Å²) in [5, 5.41) is 0. The molecule has 0 rings (SSSR count). The van der Waals surface area contributed by atoms with E-state index >= 15 is 0 Å². The Bertz CT molecular complexity index is 184. The quantitative estimate of drug-likeness (QED) is 0.236. The predicted octanol–water partition coefficient (Wildman–Crippen LogP) is 8.54. The van der Waals surface area contributed by atoms with Crippen molar-refractivity contribution in [2.45, 2.75) is 130 Å². The van der Waals surface area contributed by atoms with Crippen LogP contribution in [0.25, 0.3) is 0 Å².